The summed E-state index contributed by atoms with van der Waals surface area (Å²) < 4.78 is 1.65. The molecule has 0 fully saturated rings. The van der Waals surface area contributed by atoms with Crippen LogP contribution >= 0.6 is 0 Å². The van der Waals surface area contributed by atoms with E-state index in [9.17, 15) is 5.11 Å². The molecule has 0 bridgehead atoms. The predicted octanol–water partition coefficient (Wildman–Crippen LogP) is 1.44. The van der Waals surface area contributed by atoms with Gasteiger partial charge in [0, 0.05) is 18.8 Å². The molecule has 0 saturated heterocycles. The molecule has 1 atom stereocenters. The van der Waals surface area contributed by atoms with E-state index in [4.69, 9.17) is 0 Å². The van der Waals surface area contributed by atoms with Crippen molar-refractivity contribution in [3.63, 3.8) is 0 Å². The summed E-state index contributed by atoms with van der Waals surface area (Å²) in [5.74, 6) is 0. The summed E-state index contributed by atoms with van der Waals surface area (Å²) in [7, 11) is 1.81. The molecule has 5 heteroatoms. The summed E-state index contributed by atoms with van der Waals surface area (Å²) in [6.45, 7) is 0. The number of aromatic nitrogens is 4. The standard InChI is InChI=1S/C13H12N4O/c1-17-8-9(6-15-17)13(18)12-7-14-10-4-2-3-5-11(10)16-12/h2-8,13,18H,1H3. The Morgan fingerprint density at radius 1 is 1.17 bits per heavy atom. The minimum absolute atomic E-state index is 0.529. The molecule has 2 heterocycles. The molecule has 0 aliphatic heterocycles. The number of aliphatic hydroxyl groups is 1. The van der Waals surface area contributed by atoms with Gasteiger partial charge in [-0.1, -0.05) is 12.1 Å². The van der Waals surface area contributed by atoms with Crippen molar-refractivity contribution < 1.29 is 5.11 Å². The second-order valence-corrected chi connectivity index (χ2v) is 4.13. The first-order valence-corrected chi connectivity index (χ1v) is 5.62. The Bertz CT molecular complexity index is 692. The lowest BCUT2D eigenvalue weighted by Gasteiger charge is -2.07. The molecule has 0 aliphatic rings. The highest BCUT2D eigenvalue weighted by Crippen LogP contribution is 2.20. The maximum absolute atomic E-state index is 10.2. The molecule has 0 aliphatic carbocycles. The fraction of sp³-hybridized carbons (Fsp3) is 0.154. The smallest absolute Gasteiger partial charge is 0.126 e. The lowest BCUT2D eigenvalue weighted by molar-refractivity contribution is 0.215. The maximum Gasteiger partial charge on any atom is 0.126 e. The van der Waals surface area contributed by atoms with Crippen LogP contribution in [0.3, 0.4) is 0 Å². The zero-order valence-electron chi connectivity index (χ0n) is 9.85. The average molecular weight is 240 g/mol. The normalized spacial score (nSPS) is 12.8. The van der Waals surface area contributed by atoms with Crippen molar-refractivity contribution >= 4 is 11.0 Å². The minimum Gasteiger partial charge on any atom is -0.382 e. The Morgan fingerprint density at radius 2 is 1.94 bits per heavy atom. The Labute approximate surface area is 104 Å². The van der Waals surface area contributed by atoms with E-state index in [0.29, 0.717) is 11.3 Å². The molecule has 5 nitrogen and oxygen atoms in total. The molecule has 1 unspecified atom stereocenters. The third kappa shape index (κ3) is 1.84. The van der Waals surface area contributed by atoms with Crippen LogP contribution in [0.25, 0.3) is 11.0 Å². The Hall–Kier alpha value is -2.27. The second kappa shape index (κ2) is 4.19. The average Bonchev–Trinajstić information content (AvgIpc) is 2.84. The van der Waals surface area contributed by atoms with Crippen LogP contribution in [0.4, 0.5) is 0 Å². The first-order chi connectivity index (χ1) is 8.74. The number of benzene rings is 1. The second-order valence-electron chi connectivity index (χ2n) is 4.13. The van der Waals surface area contributed by atoms with E-state index in [1.807, 2.05) is 31.3 Å². The van der Waals surface area contributed by atoms with Crippen molar-refractivity contribution in [3.05, 3.63) is 54.1 Å². The van der Waals surface area contributed by atoms with Crippen molar-refractivity contribution in [3.8, 4) is 0 Å². The number of rotatable bonds is 2. The van der Waals surface area contributed by atoms with E-state index in [0.717, 1.165) is 11.0 Å². The first kappa shape index (κ1) is 10.9. The molecule has 0 radical (unpaired) electrons. The van der Waals surface area contributed by atoms with Crippen LogP contribution < -0.4 is 0 Å². The molecule has 3 rings (SSSR count). The van der Waals surface area contributed by atoms with Crippen molar-refractivity contribution in [1.29, 1.82) is 0 Å². The van der Waals surface area contributed by atoms with Gasteiger partial charge < -0.3 is 5.11 Å². The van der Waals surface area contributed by atoms with E-state index in [1.54, 1.807) is 23.3 Å². The van der Waals surface area contributed by atoms with E-state index in [-0.39, 0.29) is 0 Å². The minimum atomic E-state index is -0.796. The van der Waals surface area contributed by atoms with Gasteiger partial charge in [0.15, 0.2) is 0 Å². The quantitative estimate of drug-likeness (QED) is 0.736. The molecule has 2 aromatic heterocycles. The number of hydrogen-bond acceptors (Lipinski definition) is 4. The van der Waals surface area contributed by atoms with Crippen LogP contribution in [-0.4, -0.2) is 24.9 Å². The molecule has 90 valence electrons. The van der Waals surface area contributed by atoms with Gasteiger partial charge in [0.25, 0.3) is 0 Å². The van der Waals surface area contributed by atoms with E-state index in [1.165, 1.54) is 0 Å². The monoisotopic (exact) mass is 240 g/mol. The van der Waals surface area contributed by atoms with E-state index < -0.39 is 6.10 Å². The Kier molecular flexibility index (Phi) is 2.53. The summed E-state index contributed by atoms with van der Waals surface area (Å²) in [5.41, 5.74) is 2.83. The molecule has 1 aromatic carbocycles. The van der Waals surface area contributed by atoms with Crippen LogP contribution in [0, 0.1) is 0 Å². The molecule has 0 spiro atoms. The molecule has 1 N–H and O–H groups in total. The highest BCUT2D eigenvalue weighted by molar-refractivity contribution is 5.73. The van der Waals surface area contributed by atoms with Crippen LogP contribution in [0.2, 0.25) is 0 Å². The number of nitrogens with zero attached hydrogens (tertiary/aromatic N) is 4. The molecular formula is C13H12N4O. The number of aliphatic hydroxyl groups excluding tert-OH is 1. The van der Waals surface area contributed by atoms with Crippen molar-refractivity contribution in [2.45, 2.75) is 6.10 Å². The van der Waals surface area contributed by atoms with E-state index >= 15 is 0 Å². The Balaban J connectivity index is 2.03. The highest BCUT2D eigenvalue weighted by Gasteiger charge is 2.14. The summed E-state index contributed by atoms with van der Waals surface area (Å²) in [4.78, 5) is 8.70. The zero-order chi connectivity index (χ0) is 12.5. The molecule has 0 saturated carbocycles. The van der Waals surface area contributed by atoms with Gasteiger partial charge in [0.1, 0.15) is 6.10 Å². The van der Waals surface area contributed by atoms with Gasteiger partial charge in [0.05, 0.1) is 29.1 Å². The van der Waals surface area contributed by atoms with Crippen LogP contribution in [0.5, 0.6) is 0 Å². The number of aryl methyl sites for hydroxylation is 1. The van der Waals surface area contributed by atoms with Crippen molar-refractivity contribution in [2.24, 2.45) is 7.05 Å². The van der Waals surface area contributed by atoms with Crippen LogP contribution in [0.1, 0.15) is 17.4 Å². The third-order valence-electron chi connectivity index (χ3n) is 2.79. The Morgan fingerprint density at radius 3 is 2.67 bits per heavy atom. The number of hydrogen-bond donors (Lipinski definition) is 1. The fourth-order valence-electron chi connectivity index (χ4n) is 1.86. The van der Waals surface area contributed by atoms with Crippen LogP contribution in [-0.2, 0) is 7.05 Å². The topological polar surface area (TPSA) is 63.8 Å². The van der Waals surface area contributed by atoms with Gasteiger partial charge >= 0.3 is 0 Å². The van der Waals surface area contributed by atoms with Crippen molar-refractivity contribution in [1.82, 2.24) is 19.7 Å². The van der Waals surface area contributed by atoms with Gasteiger partial charge in [-0.3, -0.25) is 9.67 Å². The summed E-state index contributed by atoms with van der Waals surface area (Å²) >= 11 is 0. The SMILES string of the molecule is Cn1cc(C(O)c2cnc3ccccc3n2)cn1. The van der Waals surface area contributed by atoms with Gasteiger partial charge in [-0.2, -0.15) is 5.10 Å². The number of fused-ring (bicyclic) bond motifs is 1. The molecule has 3 aromatic rings. The van der Waals surface area contributed by atoms with E-state index in [2.05, 4.69) is 15.1 Å². The van der Waals surface area contributed by atoms with Gasteiger partial charge in [0.2, 0.25) is 0 Å². The lowest BCUT2D eigenvalue weighted by atomic mass is 10.1. The fourth-order valence-corrected chi connectivity index (χ4v) is 1.86. The predicted molar refractivity (Wildman–Crippen MR) is 66.8 cm³/mol. The summed E-state index contributed by atoms with van der Waals surface area (Å²) in [6.07, 6.45) is 4.19. The largest absolute Gasteiger partial charge is 0.382 e. The highest BCUT2D eigenvalue weighted by atomic mass is 16.3. The van der Waals surface area contributed by atoms with Crippen LogP contribution in [0.15, 0.2) is 42.9 Å². The zero-order valence-corrected chi connectivity index (χ0v) is 9.85. The summed E-state index contributed by atoms with van der Waals surface area (Å²) in [6, 6.07) is 7.58. The number of para-hydroxylation sites is 2. The van der Waals surface area contributed by atoms with Gasteiger partial charge in [-0.25, -0.2) is 4.98 Å². The summed E-state index contributed by atoms with van der Waals surface area (Å²) in [5, 5.41) is 14.2. The van der Waals surface area contributed by atoms with Crippen molar-refractivity contribution in [2.75, 3.05) is 0 Å². The lowest BCUT2D eigenvalue weighted by Crippen LogP contribution is -2.02. The first-order valence-electron chi connectivity index (χ1n) is 5.62. The molecular weight excluding hydrogens is 228 g/mol. The molecule has 0 amide bonds. The van der Waals surface area contributed by atoms with Gasteiger partial charge in [-0.15, -0.1) is 0 Å². The third-order valence-corrected chi connectivity index (χ3v) is 2.79. The molecule has 18 heavy (non-hydrogen) atoms. The maximum atomic E-state index is 10.2. The van der Waals surface area contributed by atoms with Gasteiger partial charge in [-0.05, 0) is 12.1 Å².